The molecule has 0 N–H and O–H groups in total. The number of nitrogens with zero attached hydrogens (tertiary/aromatic N) is 2. The molecule has 0 spiro atoms. The third-order valence-electron chi connectivity index (χ3n) is 5.46. The maximum atomic E-state index is 13.2. The van der Waals surface area contributed by atoms with Crippen molar-refractivity contribution in [3.63, 3.8) is 0 Å². The van der Waals surface area contributed by atoms with Gasteiger partial charge in [0.15, 0.2) is 0 Å². The number of amides is 1. The average Bonchev–Trinajstić information content (AvgIpc) is 2.84. The molecule has 148 valence electrons. The molecule has 1 amide bonds. The lowest BCUT2D eigenvalue weighted by Crippen LogP contribution is -2.45. The minimum absolute atomic E-state index is 0.249. The molecule has 7 heteroatoms. The number of carbonyl (C=O) groups is 1. The number of hydrogen-bond donors (Lipinski definition) is 0. The van der Waals surface area contributed by atoms with Crippen LogP contribution in [0.5, 0.6) is 0 Å². The Morgan fingerprint density at radius 3 is 2.50 bits per heavy atom. The average molecular weight is 401 g/mol. The monoisotopic (exact) mass is 400 g/mol. The summed E-state index contributed by atoms with van der Waals surface area (Å²) in [5.74, 6) is 0. The summed E-state index contributed by atoms with van der Waals surface area (Å²) in [6.07, 6.45) is 0.697. The molecular formula is C21H24N2O4S. The van der Waals surface area contributed by atoms with Crippen LogP contribution in [-0.2, 0) is 21.3 Å². The van der Waals surface area contributed by atoms with E-state index in [0.29, 0.717) is 25.9 Å². The molecular weight excluding hydrogens is 376 g/mol. The number of sulfonamides is 1. The first-order valence-electron chi connectivity index (χ1n) is 9.53. The Kier molecular flexibility index (Phi) is 5.12. The van der Waals surface area contributed by atoms with Gasteiger partial charge in [0.25, 0.3) is 0 Å². The van der Waals surface area contributed by atoms with Gasteiger partial charge in [-0.3, -0.25) is 4.90 Å². The molecule has 2 aliphatic rings. The van der Waals surface area contributed by atoms with Gasteiger partial charge in [-0.05, 0) is 37.5 Å². The summed E-state index contributed by atoms with van der Waals surface area (Å²) in [5.41, 5.74) is 2.01. The molecule has 2 aliphatic heterocycles. The topological polar surface area (TPSA) is 66.9 Å². The van der Waals surface area contributed by atoms with Crippen LogP contribution < -0.4 is 0 Å². The molecule has 0 saturated carbocycles. The fourth-order valence-corrected chi connectivity index (χ4v) is 5.38. The van der Waals surface area contributed by atoms with E-state index in [1.807, 2.05) is 37.3 Å². The van der Waals surface area contributed by atoms with E-state index in [0.717, 1.165) is 11.1 Å². The third kappa shape index (κ3) is 3.64. The largest absolute Gasteiger partial charge is 0.444 e. The van der Waals surface area contributed by atoms with Gasteiger partial charge in [0.2, 0.25) is 10.0 Å². The number of fused-ring (bicyclic) bond motifs is 1. The summed E-state index contributed by atoms with van der Waals surface area (Å²) in [6, 6.07) is 16.3. The number of ether oxygens (including phenoxy) is 1. The molecule has 0 aliphatic carbocycles. The van der Waals surface area contributed by atoms with E-state index in [4.69, 9.17) is 4.74 Å². The standard InChI is InChI=1S/C21H24N2O4S/c1-16-9-11-18(12-10-16)28(25,26)22-13-5-8-20-19(15-22)23(21(24)27-20)14-17-6-3-2-4-7-17/h2-4,6-7,9-12,19-20H,5,8,13-15H2,1H3/t19-,20-/m1/s1. The predicted molar refractivity (Wildman–Crippen MR) is 105 cm³/mol. The zero-order valence-corrected chi connectivity index (χ0v) is 16.6. The third-order valence-corrected chi connectivity index (χ3v) is 7.34. The van der Waals surface area contributed by atoms with Crippen molar-refractivity contribution in [3.05, 3.63) is 65.7 Å². The molecule has 28 heavy (non-hydrogen) atoms. The van der Waals surface area contributed by atoms with E-state index in [9.17, 15) is 13.2 Å². The van der Waals surface area contributed by atoms with Gasteiger partial charge < -0.3 is 4.74 Å². The van der Waals surface area contributed by atoms with Crippen LogP contribution in [0.25, 0.3) is 0 Å². The van der Waals surface area contributed by atoms with Crippen LogP contribution in [0.15, 0.2) is 59.5 Å². The molecule has 4 rings (SSSR count). The lowest BCUT2D eigenvalue weighted by atomic mass is 10.1. The number of benzene rings is 2. The van der Waals surface area contributed by atoms with Gasteiger partial charge in [0.05, 0.1) is 10.9 Å². The first kappa shape index (κ1) is 19.0. The highest BCUT2D eigenvalue weighted by Gasteiger charge is 2.45. The lowest BCUT2D eigenvalue weighted by Gasteiger charge is -2.28. The number of rotatable bonds is 4. The normalized spacial score (nSPS) is 23.2. The Balaban J connectivity index is 1.59. The van der Waals surface area contributed by atoms with Gasteiger partial charge >= 0.3 is 6.09 Å². The van der Waals surface area contributed by atoms with Crippen molar-refractivity contribution in [2.24, 2.45) is 0 Å². The van der Waals surface area contributed by atoms with E-state index >= 15 is 0 Å². The van der Waals surface area contributed by atoms with Crippen molar-refractivity contribution < 1.29 is 17.9 Å². The minimum atomic E-state index is -3.61. The number of aryl methyl sites for hydroxylation is 1. The first-order valence-corrected chi connectivity index (χ1v) is 11.0. The summed E-state index contributed by atoms with van der Waals surface area (Å²) in [5, 5.41) is 0. The number of hydrogen-bond acceptors (Lipinski definition) is 4. The zero-order chi connectivity index (χ0) is 19.7. The van der Waals surface area contributed by atoms with Crippen LogP contribution >= 0.6 is 0 Å². The molecule has 0 aromatic heterocycles. The second kappa shape index (κ2) is 7.56. The van der Waals surface area contributed by atoms with E-state index < -0.39 is 10.0 Å². The first-order chi connectivity index (χ1) is 13.4. The lowest BCUT2D eigenvalue weighted by molar-refractivity contribution is 0.126. The van der Waals surface area contributed by atoms with E-state index in [1.165, 1.54) is 4.31 Å². The molecule has 2 heterocycles. The Hall–Kier alpha value is -2.38. The smallest absolute Gasteiger partial charge is 0.410 e. The van der Waals surface area contributed by atoms with Crippen LogP contribution in [0, 0.1) is 6.92 Å². The molecule has 6 nitrogen and oxygen atoms in total. The SMILES string of the molecule is Cc1ccc(S(=O)(=O)N2CCC[C@H]3OC(=O)N(Cc4ccccc4)[C@@H]3C2)cc1. The highest BCUT2D eigenvalue weighted by Crippen LogP contribution is 2.30. The van der Waals surface area contributed by atoms with Crippen molar-refractivity contribution in [2.45, 2.75) is 43.4 Å². The van der Waals surface area contributed by atoms with Crippen LogP contribution in [0.2, 0.25) is 0 Å². The molecule has 0 unspecified atom stereocenters. The van der Waals surface area contributed by atoms with Gasteiger partial charge in [0, 0.05) is 19.6 Å². The van der Waals surface area contributed by atoms with E-state index in [-0.39, 0.29) is 29.7 Å². The second-order valence-corrected chi connectivity index (χ2v) is 9.36. The van der Waals surface area contributed by atoms with Gasteiger partial charge in [-0.2, -0.15) is 4.31 Å². The van der Waals surface area contributed by atoms with Crippen LogP contribution in [0.3, 0.4) is 0 Å². The van der Waals surface area contributed by atoms with Crippen molar-refractivity contribution in [3.8, 4) is 0 Å². The Morgan fingerprint density at radius 1 is 1.07 bits per heavy atom. The Labute approximate surface area is 165 Å². The van der Waals surface area contributed by atoms with E-state index in [2.05, 4.69) is 0 Å². The quantitative estimate of drug-likeness (QED) is 0.791. The molecule has 0 bridgehead atoms. The molecule has 2 saturated heterocycles. The van der Waals surface area contributed by atoms with Gasteiger partial charge in [-0.25, -0.2) is 13.2 Å². The van der Waals surface area contributed by atoms with E-state index in [1.54, 1.807) is 29.2 Å². The van der Waals surface area contributed by atoms with Crippen molar-refractivity contribution in [2.75, 3.05) is 13.1 Å². The molecule has 0 radical (unpaired) electrons. The van der Waals surface area contributed by atoms with Gasteiger partial charge in [-0.15, -0.1) is 0 Å². The van der Waals surface area contributed by atoms with Gasteiger partial charge in [-0.1, -0.05) is 48.0 Å². The summed E-state index contributed by atoms with van der Waals surface area (Å²) in [6.45, 7) is 3.02. The molecule has 2 fully saturated rings. The highest BCUT2D eigenvalue weighted by molar-refractivity contribution is 7.89. The minimum Gasteiger partial charge on any atom is -0.444 e. The summed E-state index contributed by atoms with van der Waals surface area (Å²) < 4.78 is 33.4. The summed E-state index contributed by atoms with van der Waals surface area (Å²) >= 11 is 0. The fraction of sp³-hybridized carbons (Fsp3) is 0.381. The van der Waals surface area contributed by atoms with Crippen molar-refractivity contribution in [1.29, 1.82) is 0 Å². The maximum Gasteiger partial charge on any atom is 0.410 e. The number of carbonyl (C=O) groups excluding carboxylic acids is 1. The Morgan fingerprint density at radius 2 is 1.79 bits per heavy atom. The summed E-state index contributed by atoms with van der Waals surface area (Å²) in [7, 11) is -3.61. The van der Waals surface area contributed by atoms with Crippen LogP contribution in [0.1, 0.15) is 24.0 Å². The van der Waals surface area contributed by atoms with Crippen molar-refractivity contribution in [1.82, 2.24) is 9.21 Å². The molecule has 2 aromatic rings. The molecule has 2 atom stereocenters. The molecule has 2 aromatic carbocycles. The zero-order valence-electron chi connectivity index (χ0n) is 15.8. The summed E-state index contributed by atoms with van der Waals surface area (Å²) in [4.78, 5) is 14.4. The Bertz CT molecular complexity index is 944. The highest BCUT2D eigenvalue weighted by atomic mass is 32.2. The van der Waals surface area contributed by atoms with Crippen molar-refractivity contribution >= 4 is 16.1 Å². The second-order valence-electron chi connectivity index (χ2n) is 7.42. The fourth-order valence-electron chi connectivity index (χ4n) is 3.89. The van der Waals surface area contributed by atoms with Crippen LogP contribution in [0.4, 0.5) is 4.79 Å². The van der Waals surface area contributed by atoms with Gasteiger partial charge in [0.1, 0.15) is 6.10 Å². The van der Waals surface area contributed by atoms with Crippen LogP contribution in [-0.4, -0.2) is 49.0 Å². The maximum absolute atomic E-state index is 13.2. The predicted octanol–water partition coefficient (Wildman–Crippen LogP) is 3.17.